The normalized spacial score (nSPS) is 12.8. The third kappa shape index (κ3) is 4.55. The Bertz CT molecular complexity index is 417. The number of amides is 1. The molecule has 0 bridgehead atoms. The van der Waals surface area contributed by atoms with Crippen LogP contribution in [0.25, 0.3) is 0 Å². The highest BCUT2D eigenvalue weighted by molar-refractivity contribution is 5.73. The maximum Gasteiger partial charge on any atom is 0.220 e. The van der Waals surface area contributed by atoms with E-state index in [2.05, 4.69) is 39.5 Å². The van der Waals surface area contributed by atoms with Gasteiger partial charge >= 0.3 is 0 Å². The molecular formula is C17H25NO. The molecule has 0 aliphatic rings. The fraction of sp³-hybridized carbons (Fsp3) is 0.471. The molecule has 0 aliphatic carbocycles. The van der Waals surface area contributed by atoms with E-state index in [1.807, 2.05) is 29.2 Å². The molecule has 2 nitrogen and oxygen atoms in total. The van der Waals surface area contributed by atoms with E-state index in [0.717, 1.165) is 12.0 Å². The van der Waals surface area contributed by atoms with Crippen LogP contribution in [0.15, 0.2) is 43.0 Å². The zero-order valence-corrected chi connectivity index (χ0v) is 12.5. The summed E-state index contributed by atoms with van der Waals surface area (Å²) in [5, 5.41) is 0. The van der Waals surface area contributed by atoms with Gasteiger partial charge in [0, 0.05) is 19.5 Å². The Morgan fingerprint density at radius 3 is 2.32 bits per heavy atom. The van der Waals surface area contributed by atoms with Gasteiger partial charge in [-0.3, -0.25) is 4.79 Å². The number of carbonyl (C=O) groups is 1. The van der Waals surface area contributed by atoms with Crippen molar-refractivity contribution < 1.29 is 4.79 Å². The average molecular weight is 259 g/mol. The number of nitrogens with zero attached hydrogens (tertiary/aromatic N) is 1. The van der Waals surface area contributed by atoms with E-state index >= 15 is 0 Å². The fourth-order valence-electron chi connectivity index (χ4n) is 2.33. The van der Waals surface area contributed by atoms with E-state index in [4.69, 9.17) is 0 Å². The molecule has 1 aromatic carbocycles. The molecule has 0 aromatic heterocycles. The zero-order valence-electron chi connectivity index (χ0n) is 12.5. The Morgan fingerprint density at radius 2 is 1.89 bits per heavy atom. The second-order valence-corrected chi connectivity index (χ2v) is 6.04. The summed E-state index contributed by atoms with van der Waals surface area (Å²) in [7, 11) is 0. The van der Waals surface area contributed by atoms with Gasteiger partial charge in [0.05, 0.1) is 0 Å². The Balaban J connectivity index is 2.98. The second kappa shape index (κ2) is 6.55. The molecule has 1 aromatic rings. The predicted octanol–water partition coefficient (Wildman–Crippen LogP) is 4.03. The zero-order chi connectivity index (χ0) is 14.5. The monoisotopic (exact) mass is 259 g/mol. The van der Waals surface area contributed by atoms with Gasteiger partial charge in [-0.15, -0.1) is 6.58 Å². The molecule has 0 heterocycles. The van der Waals surface area contributed by atoms with E-state index in [9.17, 15) is 4.79 Å². The minimum Gasteiger partial charge on any atom is -0.335 e. The van der Waals surface area contributed by atoms with Crippen LogP contribution >= 0.6 is 0 Å². The highest BCUT2D eigenvalue weighted by atomic mass is 16.2. The lowest BCUT2D eigenvalue weighted by atomic mass is 9.83. The number of benzene rings is 1. The largest absolute Gasteiger partial charge is 0.335 e. The highest BCUT2D eigenvalue weighted by Crippen LogP contribution is 2.28. The van der Waals surface area contributed by atoms with Gasteiger partial charge < -0.3 is 4.90 Å². The molecule has 1 rings (SSSR count). The molecule has 0 aliphatic heterocycles. The molecule has 1 amide bonds. The predicted molar refractivity (Wildman–Crippen MR) is 80.7 cm³/mol. The van der Waals surface area contributed by atoms with Crippen LogP contribution in [0.1, 0.15) is 39.7 Å². The molecule has 1 unspecified atom stereocenters. The summed E-state index contributed by atoms with van der Waals surface area (Å²) in [4.78, 5) is 14.0. The lowest BCUT2D eigenvalue weighted by molar-refractivity contribution is -0.134. The third-order valence-corrected chi connectivity index (χ3v) is 3.37. The van der Waals surface area contributed by atoms with Gasteiger partial charge in [0.1, 0.15) is 0 Å². The summed E-state index contributed by atoms with van der Waals surface area (Å²) in [6.07, 6.45) is 2.72. The Labute approximate surface area is 117 Å². The van der Waals surface area contributed by atoms with E-state index in [0.29, 0.717) is 6.54 Å². The van der Waals surface area contributed by atoms with Gasteiger partial charge in [-0.2, -0.15) is 0 Å². The second-order valence-electron chi connectivity index (χ2n) is 6.04. The summed E-state index contributed by atoms with van der Waals surface area (Å²) in [5.41, 5.74) is 1.20. The number of hydrogen-bond donors (Lipinski definition) is 0. The smallest absolute Gasteiger partial charge is 0.220 e. The number of rotatable bonds is 5. The summed E-state index contributed by atoms with van der Waals surface area (Å²) in [5.74, 6) is 0.116. The lowest BCUT2D eigenvalue weighted by Crippen LogP contribution is -2.45. The van der Waals surface area contributed by atoms with Crippen molar-refractivity contribution in [3.05, 3.63) is 48.6 Å². The van der Waals surface area contributed by atoms with Crippen LogP contribution in [0, 0.1) is 5.41 Å². The van der Waals surface area contributed by atoms with Crippen molar-refractivity contribution in [3.8, 4) is 0 Å². The molecule has 0 saturated heterocycles. The summed E-state index contributed by atoms with van der Waals surface area (Å²) >= 11 is 0. The molecule has 1 atom stereocenters. The van der Waals surface area contributed by atoms with Crippen molar-refractivity contribution in [2.45, 2.75) is 46.7 Å². The number of hydrogen-bond acceptors (Lipinski definition) is 1. The van der Waals surface area contributed by atoms with Crippen molar-refractivity contribution in [1.82, 2.24) is 4.90 Å². The average Bonchev–Trinajstić information content (AvgIpc) is 2.33. The quantitative estimate of drug-likeness (QED) is 0.731. The van der Waals surface area contributed by atoms with Gasteiger partial charge in [-0.05, 0) is 17.4 Å². The molecule has 2 heteroatoms. The first-order valence-corrected chi connectivity index (χ1v) is 6.78. The maximum atomic E-state index is 12.0. The first-order chi connectivity index (χ1) is 8.86. The highest BCUT2D eigenvalue weighted by Gasteiger charge is 2.30. The summed E-state index contributed by atoms with van der Waals surface area (Å²) in [6, 6.07) is 10.3. The molecule has 104 valence electrons. The van der Waals surface area contributed by atoms with E-state index in [1.165, 1.54) is 0 Å². The standard InChI is InChI=1S/C17H25NO/c1-6-10-16(17(3,4)5)18(14(2)19)13-15-11-8-7-9-12-15/h6-9,11-12,16H,1,10,13H2,2-5H3. The van der Waals surface area contributed by atoms with Crippen LogP contribution in [0.3, 0.4) is 0 Å². The lowest BCUT2D eigenvalue weighted by Gasteiger charge is -2.39. The van der Waals surface area contributed by atoms with Gasteiger partial charge in [-0.25, -0.2) is 0 Å². The van der Waals surface area contributed by atoms with Crippen molar-refractivity contribution in [1.29, 1.82) is 0 Å². The van der Waals surface area contributed by atoms with Crippen LogP contribution in [-0.4, -0.2) is 16.8 Å². The Morgan fingerprint density at radius 1 is 1.32 bits per heavy atom. The van der Waals surface area contributed by atoms with Crippen molar-refractivity contribution in [3.63, 3.8) is 0 Å². The van der Waals surface area contributed by atoms with Gasteiger partial charge in [0.2, 0.25) is 5.91 Å². The number of carbonyl (C=O) groups excluding carboxylic acids is 1. The van der Waals surface area contributed by atoms with Crippen LogP contribution in [-0.2, 0) is 11.3 Å². The van der Waals surface area contributed by atoms with Crippen LogP contribution in [0.5, 0.6) is 0 Å². The minimum absolute atomic E-state index is 0.0363. The van der Waals surface area contributed by atoms with Gasteiger partial charge in [0.15, 0.2) is 0 Å². The summed E-state index contributed by atoms with van der Waals surface area (Å²) in [6.45, 7) is 12.6. The summed E-state index contributed by atoms with van der Waals surface area (Å²) < 4.78 is 0. The van der Waals surface area contributed by atoms with Gasteiger partial charge in [-0.1, -0.05) is 57.2 Å². The van der Waals surface area contributed by atoms with Crippen LogP contribution in [0.4, 0.5) is 0 Å². The van der Waals surface area contributed by atoms with Crippen LogP contribution in [0.2, 0.25) is 0 Å². The van der Waals surface area contributed by atoms with Crippen molar-refractivity contribution in [2.75, 3.05) is 0 Å². The van der Waals surface area contributed by atoms with Gasteiger partial charge in [0.25, 0.3) is 0 Å². The third-order valence-electron chi connectivity index (χ3n) is 3.37. The van der Waals surface area contributed by atoms with E-state index in [1.54, 1.807) is 6.92 Å². The first-order valence-electron chi connectivity index (χ1n) is 6.78. The first kappa shape index (κ1) is 15.5. The molecule has 0 spiro atoms. The molecular weight excluding hydrogens is 234 g/mol. The minimum atomic E-state index is 0.0363. The molecule has 19 heavy (non-hydrogen) atoms. The molecule has 0 radical (unpaired) electrons. The molecule has 0 N–H and O–H groups in total. The Kier molecular flexibility index (Phi) is 5.34. The topological polar surface area (TPSA) is 20.3 Å². The molecule has 0 fully saturated rings. The molecule has 0 saturated carbocycles. The van der Waals surface area contributed by atoms with Crippen molar-refractivity contribution in [2.24, 2.45) is 5.41 Å². The van der Waals surface area contributed by atoms with E-state index < -0.39 is 0 Å². The maximum absolute atomic E-state index is 12.0. The Hall–Kier alpha value is -1.57. The van der Waals surface area contributed by atoms with Crippen LogP contribution < -0.4 is 0 Å². The fourth-order valence-corrected chi connectivity index (χ4v) is 2.33. The SMILES string of the molecule is C=CCC(N(Cc1ccccc1)C(C)=O)C(C)(C)C. The van der Waals surface area contributed by atoms with E-state index in [-0.39, 0.29) is 17.4 Å². The van der Waals surface area contributed by atoms with Crippen molar-refractivity contribution >= 4 is 5.91 Å².